The summed E-state index contributed by atoms with van der Waals surface area (Å²) < 4.78 is 31.9. The van der Waals surface area contributed by atoms with Crippen molar-refractivity contribution in [2.75, 3.05) is 20.7 Å². The number of ether oxygens (including phenoxy) is 1. The molecule has 1 saturated carbocycles. The van der Waals surface area contributed by atoms with Crippen LogP contribution < -0.4 is 15.4 Å². The van der Waals surface area contributed by atoms with Crippen molar-refractivity contribution in [3.05, 3.63) is 29.8 Å². The van der Waals surface area contributed by atoms with Crippen molar-refractivity contribution in [1.29, 1.82) is 0 Å². The first kappa shape index (κ1) is 22.6. The fourth-order valence-electron chi connectivity index (χ4n) is 4.03. The van der Waals surface area contributed by atoms with E-state index in [1.165, 1.54) is 7.05 Å². The molecule has 0 aliphatic heterocycles. The molecule has 1 aliphatic carbocycles. The molecule has 1 aromatic carbocycles. The number of aliphatic imine (C=N–C) groups is 1. The SMILES string of the molecule is CCOC1CC(NC(=NC)NCc2ccc(S(=O)(=O)NC)cc2)C1(CC)CC. The fraction of sp³-hybridized carbons (Fsp3) is 0.650. The number of rotatable bonds is 9. The first-order chi connectivity index (χ1) is 13.4. The zero-order valence-corrected chi connectivity index (χ0v) is 18.4. The third-order valence-corrected chi connectivity index (χ3v) is 7.40. The average Bonchev–Trinajstić information content (AvgIpc) is 2.71. The molecule has 0 spiro atoms. The molecule has 2 rings (SSSR count). The Labute approximate surface area is 169 Å². The van der Waals surface area contributed by atoms with Crippen LogP contribution in [0.15, 0.2) is 34.2 Å². The van der Waals surface area contributed by atoms with E-state index in [2.05, 4.69) is 34.2 Å². The van der Waals surface area contributed by atoms with Gasteiger partial charge in [0.15, 0.2) is 5.96 Å². The Balaban J connectivity index is 1.97. The van der Waals surface area contributed by atoms with E-state index in [0.717, 1.165) is 37.4 Å². The minimum Gasteiger partial charge on any atom is -0.378 e. The van der Waals surface area contributed by atoms with Gasteiger partial charge in [-0.15, -0.1) is 0 Å². The lowest BCUT2D eigenvalue weighted by atomic mass is 9.58. The summed E-state index contributed by atoms with van der Waals surface area (Å²) in [5.41, 5.74) is 1.12. The number of nitrogens with one attached hydrogen (secondary N) is 3. The third kappa shape index (κ3) is 4.67. The lowest BCUT2D eigenvalue weighted by Gasteiger charge is -2.55. The normalized spacial score (nSPS) is 21.8. The fourth-order valence-corrected chi connectivity index (χ4v) is 4.76. The van der Waals surface area contributed by atoms with Crippen LogP contribution in [0, 0.1) is 5.41 Å². The summed E-state index contributed by atoms with van der Waals surface area (Å²) in [5.74, 6) is 0.748. The first-order valence-electron chi connectivity index (χ1n) is 9.98. The van der Waals surface area contributed by atoms with Crippen molar-refractivity contribution in [2.24, 2.45) is 10.4 Å². The molecule has 7 nitrogen and oxygen atoms in total. The van der Waals surface area contributed by atoms with Gasteiger partial charge >= 0.3 is 0 Å². The van der Waals surface area contributed by atoms with E-state index in [1.807, 2.05) is 6.92 Å². The van der Waals surface area contributed by atoms with Gasteiger partial charge in [0.25, 0.3) is 0 Å². The molecule has 28 heavy (non-hydrogen) atoms. The Kier molecular flexibility index (Phi) is 7.86. The van der Waals surface area contributed by atoms with E-state index in [1.54, 1.807) is 31.3 Å². The number of sulfonamides is 1. The molecule has 0 radical (unpaired) electrons. The standard InChI is InChI=1S/C20H34N4O3S/c1-6-20(7-2)17(13-18(20)27-8-3)24-19(21-4)23-14-15-9-11-16(12-10-15)28(25,26)22-5/h9-12,17-18,22H,6-8,13-14H2,1-5H3,(H2,21,23,24). The molecular formula is C20H34N4O3S. The van der Waals surface area contributed by atoms with Crippen molar-refractivity contribution < 1.29 is 13.2 Å². The predicted molar refractivity (Wildman–Crippen MR) is 113 cm³/mol. The van der Waals surface area contributed by atoms with Crippen molar-refractivity contribution in [3.63, 3.8) is 0 Å². The summed E-state index contributed by atoms with van der Waals surface area (Å²) in [7, 11) is -0.243. The number of hydrogen-bond donors (Lipinski definition) is 3. The summed E-state index contributed by atoms with van der Waals surface area (Å²) in [5, 5.41) is 6.88. The van der Waals surface area contributed by atoms with Gasteiger partial charge < -0.3 is 15.4 Å². The highest BCUT2D eigenvalue weighted by Crippen LogP contribution is 2.48. The van der Waals surface area contributed by atoms with Gasteiger partial charge in [-0.1, -0.05) is 26.0 Å². The topological polar surface area (TPSA) is 91.8 Å². The number of nitrogens with zero attached hydrogens (tertiary/aromatic N) is 1. The summed E-state index contributed by atoms with van der Waals surface area (Å²) in [4.78, 5) is 4.61. The van der Waals surface area contributed by atoms with Gasteiger partial charge in [-0.3, -0.25) is 4.99 Å². The van der Waals surface area contributed by atoms with Crippen LogP contribution in [0.5, 0.6) is 0 Å². The van der Waals surface area contributed by atoms with Gasteiger partial charge in [-0.2, -0.15) is 0 Å². The second kappa shape index (κ2) is 9.71. The maximum absolute atomic E-state index is 11.8. The van der Waals surface area contributed by atoms with Crippen molar-refractivity contribution in [2.45, 2.75) is 63.6 Å². The van der Waals surface area contributed by atoms with Crippen LogP contribution in [-0.4, -0.2) is 47.2 Å². The first-order valence-corrected chi connectivity index (χ1v) is 11.5. The van der Waals surface area contributed by atoms with Crippen LogP contribution in [0.25, 0.3) is 0 Å². The molecule has 0 amide bonds. The zero-order valence-electron chi connectivity index (χ0n) is 17.6. The Morgan fingerprint density at radius 1 is 1.21 bits per heavy atom. The molecule has 0 aromatic heterocycles. The molecule has 158 valence electrons. The average molecular weight is 411 g/mol. The number of hydrogen-bond acceptors (Lipinski definition) is 4. The van der Waals surface area contributed by atoms with Crippen LogP contribution in [0.2, 0.25) is 0 Å². The zero-order chi connectivity index (χ0) is 20.8. The van der Waals surface area contributed by atoms with Crippen LogP contribution in [0.3, 0.4) is 0 Å². The summed E-state index contributed by atoms with van der Waals surface area (Å²) >= 11 is 0. The van der Waals surface area contributed by atoms with E-state index in [-0.39, 0.29) is 10.3 Å². The maximum Gasteiger partial charge on any atom is 0.240 e. The molecule has 0 saturated heterocycles. The molecule has 1 aliphatic rings. The van der Waals surface area contributed by atoms with E-state index < -0.39 is 10.0 Å². The van der Waals surface area contributed by atoms with E-state index in [0.29, 0.717) is 18.7 Å². The second-order valence-corrected chi connectivity index (χ2v) is 8.98. The van der Waals surface area contributed by atoms with Crippen LogP contribution >= 0.6 is 0 Å². The lowest BCUT2D eigenvalue weighted by Crippen LogP contribution is -2.65. The Morgan fingerprint density at radius 3 is 2.36 bits per heavy atom. The van der Waals surface area contributed by atoms with Gasteiger partial charge in [0.05, 0.1) is 11.0 Å². The Morgan fingerprint density at radius 2 is 1.86 bits per heavy atom. The molecule has 0 heterocycles. The monoisotopic (exact) mass is 410 g/mol. The third-order valence-electron chi connectivity index (χ3n) is 5.97. The second-order valence-electron chi connectivity index (χ2n) is 7.09. The Bertz CT molecular complexity index is 758. The van der Waals surface area contributed by atoms with Crippen LogP contribution in [-0.2, 0) is 21.3 Å². The molecule has 0 bridgehead atoms. The van der Waals surface area contributed by atoms with Gasteiger partial charge in [0, 0.05) is 31.7 Å². The minimum atomic E-state index is -3.41. The molecule has 2 unspecified atom stereocenters. The van der Waals surface area contributed by atoms with Gasteiger partial charge in [0.2, 0.25) is 10.0 Å². The molecule has 2 atom stereocenters. The molecule has 1 aromatic rings. The van der Waals surface area contributed by atoms with E-state index >= 15 is 0 Å². The van der Waals surface area contributed by atoms with Crippen LogP contribution in [0.1, 0.15) is 45.6 Å². The highest BCUT2D eigenvalue weighted by molar-refractivity contribution is 7.89. The maximum atomic E-state index is 11.8. The minimum absolute atomic E-state index is 0.136. The van der Waals surface area contributed by atoms with Crippen molar-refractivity contribution >= 4 is 16.0 Å². The van der Waals surface area contributed by atoms with E-state index in [9.17, 15) is 8.42 Å². The molecular weight excluding hydrogens is 376 g/mol. The molecule has 3 N–H and O–H groups in total. The lowest BCUT2D eigenvalue weighted by molar-refractivity contribution is -0.133. The highest BCUT2D eigenvalue weighted by Gasteiger charge is 2.53. The van der Waals surface area contributed by atoms with Crippen molar-refractivity contribution in [3.8, 4) is 0 Å². The van der Waals surface area contributed by atoms with E-state index in [4.69, 9.17) is 4.74 Å². The number of guanidine groups is 1. The van der Waals surface area contributed by atoms with Crippen LogP contribution in [0.4, 0.5) is 0 Å². The smallest absolute Gasteiger partial charge is 0.240 e. The predicted octanol–water partition coefficient (Wildman–Crippen LogP) is 2.24. The van der Waals surface area contributed by atoms with Gasteiger partial charge in [-0.05, 0) is 50.9 Å². The number of benzene rings is 1. The molecule has 8 heteroatoms. The summed E-state index contributed by atoms with van der Waals surface area (Å²) in [6.07, 6.45) is 3.39. The van der Waals surface area contributed by atoms with Gasteiger partial charge in [0.1, 0.15) is 0 Å². The van der Waals surface area contributed by atoms with Crippen molar-refractivity contribution in [1.82, 2.24) is 15.4 Å². The molecule has 1 fully saturated rings. The summed E-state index contributed by atoms with van der Waals surface area (Å²) in [6, 6.07) is 7.16. The quantitative estimate of drug-likeness (QED) is 0.429. The largest absolute Gasteiger partial charge is 0.378 e. The highest BCUT2D eigenvalue weighted by atomic mass is 32.2. The Hall–Kier alpha value is -1.64. The summed E-state index contributed by atoms with van der Waals surface area (Å²) in [6.45, 7) is 7.79. The van der Waals surface area contributed by atoms with Gasteiger partial charge in [-0.25, -0.2) is 13.1 Å².